The number of nitrogens with two attached hydrogens (primary N) is 1. The van der Waals surface area contributed by atoms with Crippen LogP contribution in [-0.2, 0) is 16.0 Å². The van der Waals surface area contributed by atoms with Gasteiger partial charge >= 0.3 is 0 Å². The van der Waals surface area contributed by atoms with Gasteiger partial charge in [0, 0.05) is 26.4 Å². The van der Waals surface area contributed by atoms with Crippen LogP contribution in [0.5, 0.6) is 0 Å². The Morgan fingerprint density at radius 3 is 3.06 bits per heavy atom. The standard InChI is InChI=1S/C9H16N4O3/c1-7-12-8(13-16-7)2-4-11-9(14)6-15-5-3-10/h2-6,10H2,1H3,(H,11,14). The fraction of sp³-hybridized carbons (Fsp3) is 0.667. The maximum absolute atomic E-state index is 11.2. The number of ether oxygens (including phenoxy) is 1. The average molecular weight is 228 g/mol. The van der Waals surface area contributed by atoms with Crippen molar-refractivity contribution in [2.75, 3.05) is 26.3 Å². The first-order valence-electron chi connectivity index (χ1n) is 5.06. The van der Waals surface area contributed by atoms with Gasteiger partial charge < -0.3 is 20.3 Å². The molecule has 7 nitrogen and oxygen atoms in total. The highest BCUT2D eigenvalue weighted by Crippen LogP contribution is 1.94. The van der Waals surface area contributed by atoms with Crippen molar-refractivity contribution in [2.24, 2.45) is 5.73 Å². The number of hydrogen-bond donors (Lipinski definition) is 2. The molecule has 1 rings (SSSR count). The summed E-state index contributed by atoms with van der Waals surface area (Å²) < 4.78 is 9.75. The Morgan fingerprint density at radius 1 is 1.62 bits per heavy atom. The van der Waals surface area contributed by atoms with Gasteiger partial charge in [-0.1, -0.05) is 5.16 Å². The molecular weight excluding hydrogens is 212 g/mol. The first-order valence-corrected chi connectivity index (χ1v) is 5.06. The van der Waals surface area contributed by atoms with Crippen LogP contribution in [0.3, 0.4) is 0 Å². The highest BCUT2D eigenvalue weighted by molar-refractivity contribution is 5.77. The normalized spacial score (nSPS) is 10.4. The largest absolute Gasteiger partial charge is 0.370 e. The summed E-state index contributed by atoms with van der Waals surface area (Å²) >= 11 is 0. The molecular formula is C9H16N4O3. The molecule has 1 aromatic rings. The highest BCUT2D eigenvalue weighted by Gasteiger charge is 2.04. The number of aryl methyl sites for hydroxylation is 1. The van der Waals surface area contributed by atoms with E-state index in [0.29, 0.717) is 37.8 Å². The van der Waals surface area contributed by atoms with Gasteiger partial charge in [0.15, 0.2) is 5.82 Å². The molecule has 0 bridgehead atoms. The fourth-order valence-corrected chi connectivity index (χ4v) is 1.06. The predicted octanol–water partition coefficient (Wildman–Crippen LogP) is -0.988. The van der Waals surface area contributed by atoms with Crippen molar-refractivity contribution in [1.29, 1.82) is 0 Å². The maximum Gasteiger partial charge on any atom is 0.246 e. The van der Waals surface area contributed by atoms with E-state index in [9.17, 15) is 4.79 Å². The van der Waals surface area contributed by atoms with Crippen LogP contribution >= 0.6 is 0 Å². The second-order valence-corrected chi connectivity index (χ2v) is 3.17. The van der Waals surface area contributed by atoms with Crippen molar-refractivity contribution in [2.45, 2.75) is 13.3 Å². The van der Waals surface area contributed by atoms with Crippen molar-refractivity contribution >= 4 is 5.91 Å². The lowest BCUT2D eigenvalue weighted by molar-refractivity contribution is -0.125. The Labute approximate surface area is 93.3 Å². The number of carbonyl (C=O) groups excluding carboxylic acids is 1. The molecule has 0 unspecified atom stereocenters. The van der Waals surface area contributed by atoms with E-state index in [1.807, 2.05) is 0 Å². The molecule has 1 heterocycles. The molecule has 0 aliphatic carbocycles. The lowest BCUT2D eigenvalue weighted by Crippen LogP contribution is -2.30. The smallest absolute Gasteiger partial charge is 0.246 e. The van der Waals surface area contributed by atoms with Gasteiger partial charge in [-0.05, 0) is 0 Å². The Bertz CT molecular complexity index is 326. The molecule has 1 aromatic heterocycles. The monoisotopic (exact) mass is 228 g/mol. The van der Waals surface area contributed by atoms with E-state index in [0.717, 1.165) is 0 Å². The van der Waals surface area contributed by atoms with Gasteiger partial charge in [0.2, 0.25) is 11.8 Å². The maximum atomic E-state index is 11.2. The number of amides is 1. The zero-order valence-electron chi connectivity index (χ0n) is 9.23. The third-order valence-corrected chi connectivity index (χ3v) is 1.74. The average Bonchev–Trinajstić information content (AvgIpc) is 2.65. The summed E-state index contributed by atoms with van der Waals surface area (Å²) in [6.07, 6.45) is 0.542. The second-order valence-electron chi connectivity index (χ2n) is 3.17. The first-order chi connectivity index (χ1) is 7.72. The van der Waals surface area contributed by atoms with Crippen LogP contribution in [0, 0.1) is 6.92 Å². The number of nitrogens with one attached hydrogen (secondary N) is 1. The summed E-state index contributed by atoms with van der Waals surface area (Å²) in [5.41, 5.74) is 5.21. The van der Waals surface area contributed by atoms with Crippen molar-refractivity contribution in [3.63, 3.8) is 0 Å². The van der Waals surface area contributed by atoms with Gasteiger partial charge in [-0.25, -0.2) is 0 Å². The highest BCUT2D eigenvalue weighted by atomic mass is 16.5. The predicted molar refractivity (Wildman–Crippen MR) is 55.6 cm³/mol. The van der Waals surface area contributed by atoms with E-state index in [4.69, 9.17) is 15.0 Å². The van der Waals surface area contributed by atoms with Gasteiger partial charge in [0.25, 0.3) is 0 Å². The van der Waals surface area contributed by atoms with Crippen LogP contribution in [0.1, 0.15) is 11.7 Å². The van der Waals surface area contributed by atoms with Gasteiger partial charge in [-0.3, -0.25) is 4.79 Å². The van der Waals surface area contributed by atoms with Gasteiger partial charge in [-0.2, -0.15) is 4.98 Å². The minimum absolute atomic E-state index is 0.0302. The van der Waals surface area contributed by atoms with Gasteiger partial charge in [0.1, 0.15) is 6.61 Å². The number of carbonyl (C=O) groups is 1. The summed E-state index contributed by atoms with van der Waals surface area (Å²) in [7, 11) is 0. The molecule has 90 valence electrons. The number of aromatic nitrogens is 2. The molecule has 0 atom stereocenters. The van der Waals surface area contributed by atoms with Crippen molar-refractivity contribution in [3.05, 3.63) is 11.7 Å². The molecule has 0 spiro atoms. The Hall–Kier alpha value is -1.47. The van der Waals surface area contributed by atoms with Crippen LogP contribution in [0.15, 0.2) is 4.52 Å². The quantitative estimate of drug-likeness (QED) is 0.581. The summed E-state index contributed by atoms with van der Waals surface area (Å²) in [6, 6.07) is 0. The van der Waals surface area contributed by atoms with E-state index in [1.54, 1.807) is 6.92 Å². The molecule has 0 aliphatic heterocycles. The number of hydrogen-bond acceptors (Lipinski definition) is 6. The van der Waals surface area contributed by atoms with Crippen LogP contribution in [0.4, 0.5) is 0 Å². The molecule has 0 radical (unpaired) electrons. The minimum Gasteiger partial charge on any atom is -0.370 e. The van der Waals surface area contributed by atoms with E-state index < -0.39 is 0 Å². The van der Waals surface area contributed by atoms with Crippen LogP contribution in [0.25, 0.3) is 0 Å². The first kappa shape index (κ1) is 12.6. The second kappa shape index (κ2) is 6.91. The number of nitrogens with zero attached hydrogens (tertiary/aromatic N) is 2. The van der Waals surface area contributed by atoms with Crippen LogP contribution in [0.2, 0.25) is 0 Å². The Kier molecular flexibility index (Phi) is 5.44. The summed E-state index contributed by atoms with van der Waals surface area (Å²) in [5, 5.41) is 6.38. The zero-order chi connectivity index (χ0) is 11.8. The molecule has 1 amide bonds. The van der Waals surface area contributed by atoms with E-state index in [-0.39, 0.29) is 12.5 Å². The van der Waals surface area contributed by atoms with E-state index >= 15 is 0 Å². The Balaban J connectivity index is 2.08. The molecule has 0 saturated carbocycles. The molecule has 16 heavy (non-hydrogen) atoms. The SMILES string of the molecule is Cc1nc(CCNC(=O)COCCN)no1. The molecule has 0 saturated heterocycles. The zero-order valence-corrected chi connectivity index (χ0v) is 9.23. The molecule has 0 aromatic carbocycles. The van der Waals surface area contributed by atoms with Crippen molar-refractivity contribution in [1.82, 2.24) is 15.5 Å². The van der Waals surface area contributed by atoms with E-state index in [1.165, 1.54) is 0 Å². The van der Waals surface area contributed by atoms with Crippen LogP contribution in [-0.4, -0.2) is 42.4 Å². The van der Waals surface area contributed by atoms with Gasteiger partial charge in [-0.15, -0.1) is 0 Å². The van der Waals surface area contributed by atoms with Crippen molar-refractivity contribution in [3.8, 4) is 0 Å². The van der Waals surface area contributed by atoms with Gasteiger partial charge in [0.05, 0.1) is 6.61 Å². The fourth-order valence-electron chi connectivity index (χ4n) is 1.06. The summed E-state index contributed by atoms with van der Waals surface area (Å²) in [6.45, 7) is 3.01. The lowest BCUT2D eigenvalue weighted by Gasteiger charge is -2.03. The molecule has 0 fully saturated rings. The van der Waals surface area contributed by atoms with Crippen LogP contribution < -0.4 is 11.1 Å². The molecule has 3 N–H and O–H groups in total. The lowest BCUT2D eigenvalue weighted by atomic mass is 10.4. The molecule has 7 heteroatoms. The third-order valence-electron chi connectivity index (χ3n) is 1.74. The van der Waals surface area contributed by atoms with Crippen molar-refractivity contribution < 1.29 is 14.1 Å². The minimum atomic E-state index is -0.173. The third kappa shape index (κ3) is 4.85. The summed E-state index contributed by atoms with van der Waals surface area (Å²) in [4.78, 5) is 15.2. The summed E-state index contributed by atoms with van der Waals surface area (Å²) in [5.74, 6) is 0.932. The van der Waals surface area contributed by atoms with E-state index in [2.05, 4.69) is 15.5 Å². The number of rotatable bonds is 7. The molecule has 0 aliphatic rings. The Morgan fingerprint density at radius 2 is 2.44 bits per heavy atom. The topological polar surface area (TPSA) is 103 Å².